The molecule has 0 aliphatic carbocycles. The Hall–Kier alpha value is -3.22. The monoisotopic (exact) mass is 1490 g/mol. The summed E-state index contributed by atoms with van der Waals surface area (Å²) in [6.45, 7) is 0.474. The number of hydrogen-bond acceptors (Lipinski definition) is 30. The van der Waals surface area contributed by atoms with Crippen molar-refractivity contribution in [1.82, 2.24) is 10.6 Å². The van der Waals surface area contributed by atoms with Crippen LogP contribution in [0.2, 0.25) is 0 Å². The van der Waals surface area contributed by atoms with Crippen LogP contribution in [-0.4, -0.2) is 315 Å². The molecule has 0 radical (unpaired) electrons. The molecular weight excluding hydrogens is 1360 g/mol. The fourth-order valence-corrected chi connectivity index (χ4v) is 13.9. The van der Waals surface area contributed by atoms with E-state index in [1.165, 1.54) is 83.1 Å². The van der Waals surface area contributed by atoms with Crippen LogP contribution in [0.4, 0.5) is 0 Å². The average molecular weight is 1490 g/mol. The highest BCUT2D eigenvalue weighted by Gasteiger charge is 2.62. The topological polar surface area (TPSA) is 529 Å². The van der Waals surface area contributed by atoms with Crippen molar-refractivity contribution < 1.29 is 153 Å². The van der Waals surface area contributed by atoms with Crippen LogP contribution in [-0.2, 0) is 66.5 Å². The molecule has 5 rings (SSSR count). The molecule has 0 saturated carbocycles. The number of carboxylic acid groups (broad SMARTS) is 1. The largest absolute Gasteiger partial charge is 0.477 e. The van der Waals surface area contributed by atoms with Crippen molar-refractivity contribution in [2.24, 2.45) is 5.92 Å². The number of Topliss-reactive ketones (excluding diaryl/α,β-unsaturated/α-hetero) is 1. The minimum Gasteiger partial charge on any atom is -0.477 e. The number of ketones is 1. The molecule has 0 spiro atoms. The second-order valence-corrected chi connectivity index (χ2v) is 28.2. The molecule has 0 aromatic heterocycles. The van der Waals surface area contributed by atoms with Crippen LogP contribution in [0, 0.1) is 5.92 Å². The Balaban J connectivity index is 1.43. The molecule has 0 aromatic carbocycles. The van der Waals surface area contributed by atoms with E-state index in [1.54, 1.807) is 0 Å². The van der Waals surface area contributed by atoms with E-state index in [2.05, 4.69) is 24.5 Å². The number of amides is 2. The Bertz CT molecular complexity index is 2420. The summed E-state index contributed by atoms with van der Waals surface area (Å²) in [5.41, 5.74) is 0. The molecule has 0 aromatic rings. The zero-order valence-electron chi connectivity index (χ0n) is 60.2. The van der Waals surface area contributed by atoms with Crippen molar-refractivity contribution in [3.05, 3.63) is 12.2 Å². The van der Waals surface area contributed by atoms with Crippen molar-refractivity contribution in [2.45, 2.75) is 360 Å². The number of carboxylic acids is 1. The first-order valence-corrected chi connectivity index (χ1v) is 37.3. The maximum Gasteiger partial charge on any atom is 0.364 e. The predicted octanol–water partition coefficient (Wildman–Crippen LogP) is -1.51. The van der Waals surface area contributed by atoms with Gasteiger partial charge in [-0.05, 0) is 26.2 Å². The summed E-state index contributed by atoms with van der Waals surface area (Å²) < 4.78 is 60.3. The molecule has 33 heteroatoms. The molecule has 5 fully saturated rings. The zero-order chi connectivity index (χ0) is 75.9. The summed E-state index contributed by atoms with van der Waals surface area (Å²) in [6.07, 6.45) is -22.1. The lowest BCUT2D eigenvalue weighted by Crippen LogP contribution is -2.71. The van der Waals surface area contributed by atoms with Gasteiger partial charge in [-0.2, -0.15) is 0 Å². The third-order valence-electron chi connectivity index (χ3n) is 19.9. The fourth-order valence-electron chi connectivity index (χ4n) is 13.9. The standard InChI is InChI=1S/C70H124N2O31/c1-5-7-9-11-13-15-17-18-20-21-23-25-27-29-43(80)42(72-50(83)30-28-26-24-22-19-16-14-12-10-8-6-2)38-94-66-58(90)56(88)61(48(36-76)97-66)100-68-59(91)64(103-70(69(92)93)32-44(81)51(71-40(4)79)63(102-70)52(84)45(82)33-73)62(49(37-77)98-68)101-65-41(31-39(3)78)60(54(86)47(35-75)95-65)99-67-57(89)55(87)53(85)46(34-74)96-67/h27,29,41-49,51-68,73-77,80-82,84-91H,5-26,28,30-38H2,1-4H3,(H,71,79)(H,72,83)(H,92,93). The summed E-state index contributed by atoms with van der Waals surface area (Å²) in [7, 11) is 0. The van der Waals surface area contributed by atoms with Gasteiger partial charge in [-0.1, -0.05) is 154 Å². The van der Waals surface area contributed by atoms with E-state index in [9.17, 15) is 106 Å². The Kier molecular flexibility index (Phi) is 41.2. The van der Waals surface area contributed by atoms with E-state index in [4.69, 9.17) is 47.4 Å². The van der Waals surface area contributed by atoms with E-state index in [1.807, 2.05) is 6.08 Å². The Morgan fingerprint density at radius 1 is 0.534 bits per heavy atom. The Morgan fingerprint density at radius 2 is 1.01 bits per heavy atom. The van der Waals surface area contributed by atoms with Crippen molar-refractivity contribution in [2.75, 3.05) is 39.6 Å². The first-order chi connectivity index (χ1) is 49.3. The number of aliphatic hydroxyl groups is 16. The number of rotatable bonds is 49. The van der Waals surface area contributed by atoms with Crippen LogP contribution in [0.25, 0.3) is 0 Å². The highest BCUT2D eigenvalue weighted by molar-refractivity contribution is 5.77. The lowest BCUT2D eigenvalue weighted by atomic mass is 9.86. The SMILES string of the molecule is CCCCCCCCCCCCCC=CC(O)C(COC1OC(CO)C(OC2OC(CO)C(OC3OC(CO)C(O)C(OC4OC(CO)C(O)C(O)C4O)C3CC(C)=O)C(OC3(C(=O)O)CC(O)C(NC(C)=O)C(C(O)C(O)CO)O3)C2O)C(O)C1O)NC(=O)CCCCCCCCCCCCC. The van der Waals surface area contributed by atoms with E-state index in [-0.39, 0.29) is 12.3 Å². The molecule has 5 aliphatic rings. The van der Waals surface area contributed by atoms with Gasteiger partial charge in [0, 0.05) is 32.1 Å². The third-order valence-corrected chi connectivity index (χ3v) is 19.9. The van der Waals surface area contributed by atoms with Crippen molar-refractivity contribution in [1.29, 1.82) is 0 Å². The van der Waals surface area contributed by atoms with Gasteiger partial charge in [0.15, 0.2) is 25.2 Å². The summed E-state index contributed by atoms with van der Waals surface area (Å²) in [4.78, 5) is 53.0. The molecule has 28 atom stereocenters. The first-order valence-electron chi connectivity index (χ1n) is 37.3. The highest BCUT2D eigenvalue weighted by Crippen LogP contribution is 2.42. The molecule has 2 amide bonds. The number of unbranched alkanes of at least 4 members (excludes halogenated alkanes) is 21. The molecule has 5 heterocycles. The van der Waals surface area contributed by atoms with Gasteiger partial charge in [0.25, 0.3) is 5.79 Å². The normalized spacial score (nSPS) is 35.5. The third kappa shape index (κ3) is 27.1. The van der Waals surface area contributed by atoms with Gasteiger partial charge < -0.3 is 150 Å². The highest BCUT2D eigenvalue weighted by atomic mass is 16.8. The minimum absolute atomic E-state index is 0.136. The molecule has 19 N–H and O–H groups in total. The Morgan fingerprint density at radius 3 is 1.54 bits per heavy atom. The van der Waals surface area contributed by atoms with E-state index >= 15 is 0 Å². The maximum atomic E-state index is 13.8. The van der Waals surface area contributed by atoms with Crippen molar-refractivity contribution in [3.63, 3.8) is 0 Å². The van der Waals surface area contributed by atoms with Crippen molar-refractivity contribution in [3.8, 4) is 0 Å². The molecule has 33 nitrogen and oxygen atoms in total. The number of carbonyl (C=O) groups is 4. The van der Waals surface area contributed by atoms with Gasteiger partial charge in [-0.15, -0.1) is 0 Å². The van der Waals surface area contributed by atoms with Gasteiger partial charge in [-0.25, -0.2) is 4.79 Å². The van der Waals surface area contributed by atoms with E-state index in [0.717, 1.165) is 71.6 Å². The molecule has 5 aliphatic heterocycles. The first kappa shape index (κ1) is 90.4. The second-order valence-electron chi connectivity index (χ2n) is 28.2. The Labute approximate surface area is 603 Å². The predicted molar refractivity (Wildman–Crippen MR) is 361 cm³/mol. The molecule has 0 bridgehead atoms. The maximum absolute atomic E-state index is 13.8. The number of aliphatic hydroxyl groups excluding tert-OH is 16. The number of carbonyl (C=O) groups excluding carboxylic acids is 3. The fraction of sp³-hybridized carbons (Fsp3) is 0.914. The summed E-state index contributed by atoms with van der Waals surface area (Å²) in [5, 5.41) is 194. The summed E-state index contributed by atoms with van der Waals surface area (Å²) >= 11 is 0. The van der Waals surface area contributed by atoms with Gasteiger partial charge in [0.2, 0.25) is 11.8 Å². The number of allylic oxidation sites excluding steroid dienone is 1. The van der Waals surface area contributed by atoms with Crippen molar-refractivity contribution >= 4 is 23.6 Å². The van der Waals surface area contributed by atoms with E-state index in [0.29, 0.717) is 12.8 Å². The minimum atomic E-state index is -3.36. The lowest BCUT2D eigenvalue weighted by molar-refractivity contribution is -0.406. The van der Waals surface area contributed by atoms with Crippen LogP contribution in [0.15, 0.2) is 12.2 Å². The molecule has 600 valence electrons. The number of ether oxygens (including phenoxy) is 10. The molecular formula is C70H124N2O31. The molecule has 28 unspecified atom stereocenters. The summed E-state index contributed by atoms with van der Waals surface area (Å²) in [5.74, 6) is -9.08. The van der Waals surface area contributed by atoms with Crippen LogP contribution in [0.1, 0.15) is 195 Å². The van der Waals surface area contributed by atoms with Gasteiger partial charge >= 0.3 is 5.97 Å². The average Bonchev–Trinajstić information content (AvgIpc) is 0.747. The summed E-state index contributed by atoms with van der Waals surface area (Å²) in [6, 6.07) is -2.89. The molecule has 103 heavy (non-hydrogen) atoms. The zero-order valence-corrected chi connectivity index (χ0v) is 60.2. The number of aliphatic carboxylic acids is 1. The van der Waals surface area contributed by atoms with Crippen LogP contribution >= 0.6 is 0 Å². The molecule has 5 saturated heterocycles. The lowest BCUT2D eigenvalue weighted by Gasteiger charge is -2.52. The smallest absolute Gasteiger partial charge is 0.364 e. The number of hydrogen-bond donors (Lipinski definition) is 19. The van der Waals surface area contributed by atoms with Crippen LogP contribution in [0.5, 0.6) is 0 Å². The van der Waals surface area contributed by atoms with Gasteiger partial charge in [0.05, 0.1) is 70.0 Å². The van der Waals surface area contributed by atoms with E-state index < -0.39 is 241 Å². The van der Waals surface area contributed by atoms with Gasteiger partial charge in [-0.3, -0.25) is 9.59 Å². The van der Waals surface area contributed by atoms with Crippen LogP contribution < -0.4 is 10.6 Å². The second kappa shape index (κ2) is 47.0. The number of nitrogens with one attached hydrogen (secondary N) is 2. The quantitative estimate of drug-likeness (QED) is 0.0243. The van der Waals surface area contributed by atoms with Crippen LogP contribution in [0.3, 0.4) is 0 Å². The van der Waals surface area contributed by atoms with Gasteiger partial charge in [0.1, 0.15) is 110 Å².